The molecule has 1 aromatic heterocycles. The van der Waals surface area contributed by atoms with Crippen molar-refractivity contribution in [3.8, 4) is 16.3 Å². The van der Waals surface area contributed by atoms with Gasteiger partial charge in [-0.3, -0.25) is 0 Å². The second-order valence-electron chi connectivity index (χ2n) is 6.35. The third-order valence-electron chi connectivity index (χ3n) is 4.41. The van der Waals surface area contributed by atoms with Gasteiger partial charge in [-0.15, -0.1) is 11.3 Å². The van der Waals surface area contributed by atoms with Gasteiger partial charge in [0.1, 0.15) is 10.8 Å². The molecule has 0 spiro atoms. The van der Waals surface area contributed by atoms with Crippen molar-refractivity contribution in [3.63, 3.8) is 0 Å². The van der Waals surface area contributed by atoms with Gasteiger partial charge in [0, 0.05) is 24.2 Å². The number of aromatic nitrogens is 1. The van der Waals surface area contributed by atoms with Crippen molar-refractivity contribution in [1.29, 1.82) is 0 Å². The van der Waals surface area contributed by atoms with E-state index in [-0.39, 0.29) is 0 Å². The van der Waals surface area contributed by atoms with Crippen molar-refractivity contribution in [1.82, 2.24) is 9.88 Å². The van der Waals surface area contributed by atoms with Crippen molar-refractivity contribution in [2.24, 2.45) is 0 Å². The van der Waals surface area contributed by atoms with E-state index in [0.717, 1.165) is 36.0 Å². The predicted octanol–water partition coefficient (Wildman–Crippen LogP) is 4.21. The van der Waals surface area contributed by atoms with Crippen molar-refractivity contribution < 1.29 is 9.47 Å². The predicted molar refractivity (Wildman–Crippen MR) is 98.6 cm³/mol. The summed E-state index contributed by atoms with van der Waals surface area (Å²) < 4.78 is 11.1. The fourth-order valence-corrected chi connectivity index (χ4v) is 4.16. The molecule has 1 fully saturated rings. The third-order valence-corrected chi connectivity index (χ3v) is 5.42. The lowest BCUT2D eigenvalue weighted by atomic mass is 10.1. The Hall–Kier alpha value is -1.43. The molecule has 1 aliphatic heterocycles. The Kier molecular flexibility index (Phi) is 6.24. The Morgan fingerprint density at radius 1 is 1.38 bits per heavy atom. The summed E-state index contributed by atoms with van der Waals surface area (Å²) in [4.78, 5) is 8.24. The molecule has 5 heteroatoms. The molecule has 3 rings (SSSR count). The van der Waals surface area contributed by atoms with Crippen LogP contribution in [-0.2, 0) is 11.3 Å². The summed E-state index contributed by atoms with van der Waals surface area (Å²) in [6.07, 6.45) is 7.33. The lowest BCUT2D eigenvalue weighted by Gasteiger charge is -2.16. The first-order valence-electron chi connectivity index (χ1n) is 8.64. The zero-order chi connectivity index (χ0) is 16.8. The molecule has 1 saturated heterocycles. The van der Waals surface area contributed by atoms with Gasteiger partial charge in [0.05, 0.1) is 18.8 Å². The third kappa shape index (κ3) is 4.56. The largest absolute Gasteiger partial charge is 0.496 e. The standard InChI is InChI=1S/C19H26N2O2S/c1-21(11-5-7-15-8-6-12-23-15)14-16-13-20-19(24-16)17-9-3-4-10-18(17)22-2/h3-4,9-10,13,15H,5-8,11-12,14H2,1-2H3/t15-/m1/s1. The van der Waals surface area contributed by atoms with Crippen molar-refractivity contribution >= 4 is 11.3 Å². The molecule has 0 N–H and O–H groups in total. The Bertz CT molecular complexity index is 638. The van der Waals surface area contributed by atoms with E-state index in [1.807, 2.05) is 24.4 Å². The Morgan fingerprint density at radius 2 is 2.25 bits per heavy atom. The van der Waals surface area contributed by atoms with Gasteiger partial charge < -0.3 is 14.4 Å². The number of thiazole rings is 1. The molecule has 0 radical (unpaired) electrons. The van der Waals surface area contributed by atoms with Crippen LogP contribution in [0, 0.1) is 0 Å². The van der Waals surface area contributed by atoms with E-state index >= 15 is 0 Å². The monoisotopic (exact) mass is 346 g/mol. The van der Waals surface area contributed by atoms with Gasteiger partial charge in [-0.1, -0.05) is 12.1 Å². The second kappa shape index (κ2) is 8.60. The van der Waals surface area contributed by atoms with Gasteiger partial charge in [0.25, 0.3) is 0 Å². The highest BCUT2D eigenvalue weighted by Crippen LogP contribution is 2.32. The first-order valence-corrected chi connectivity index (χ1v) is 9.46. The number of nitrogens with zero attached hydrogens (tertiary/aromatic N) is 2. The van der Waals surface area contributed by atoms with E-state index in [9.17, 15) is 0 Å². The van der Waals surface area contributed by atoms with Gasteiger partial charge in [-0.2, -0.15) is 0 Å². The number of ether oxygens (including phenoxy) is 2. The Morgan fingerprint density at radius 3 is 3.04 bits per heavy atom. The molecule has 24 heavy (non-hydrogen) atoms. The number of methoxy groups -OCH3 is 1. The van der Waals surface area contributed by atoms with Crippen LogP contribution < -0.4 is 4.74 Å². The van der Waals surface area contributed by atoms with E-state index in [4.69, 9.17) is 9.47 Å². The van der Waals surface area contributed by atoms with Crippen molar-refractivity contribution in [3.05, 3.63) is 35.3 Å². The van der Waals surface area contributed by atoms with E-state index < -0.39 is 0 Å². The SMILES string of the molecule is COc1ccccc1-c1ncc(CN(C)CCC[C@@H]2CCCO2)s1. The molecule has 1 atom stereocenters. The average molecular weight is 346 g/mol. The zero-order valence-electron chi connectivity index (χ0n) is 14.5. The Balaban J connectivity index is 1.51. The topological polar surface area (TPSA) is 34.6 Å². The average Bonchev–Trinajstić information content (AvgIpc) is 3.27. The lowest BCUT2D eigenvalue weighted by molar-refractivity contribution is 0.0995. The van der Waals surface area contributed by atoms with Gasteiger partial charge in [0.15, 0.2) is 0 Å². The quantitative estimate of drug-likeness (QED) is 0.717. The number of rotatable bonds is 8. The van der Waals surface area contributed by atoms with Gasteiger partial charge in [-0.05, 0) is 51.4 Å². The van der Waals surface area contributed by atoms with Crippen LogP contribution in [0.2, 0.25) is 0 Å². The molecule has 4 nitrogen and oxygen atoms in total. The highest BCUT2D eigenvalue weighted by atomic mass is 32.1. The van der Waals surface area contributed by atoms with E-state index in [1.165, 1.54) is 30.6 Å². The molecular weight excluding hydrogens is 320 g/mol. The normalized spacial score (nSPS) is 17.5. The summed E-state index contributed by atoms with van der Waals surface area (Å²) in [6, 6.07) is 8.05. The van der Waals surface area contributed by atoms with Crippen LogP contribution in [0.15, 0.2) is 30.5 Å². The van der Waals surface area contributed by atoms with E-state index in [2.05, 4.69) is 23.0 Å². The fourth-order valence-electron chi connectivity index (χ4n) is 3.13. The summed E-state index contributed by atoms with van der Waals surface area (Å²) in [6.45, 7) is 2.99. The molecular formula is C19H26N2O2S. The fraction of sp³-hybridized carbons (Fsp3) is 0.526. The van der Waals surface area contributed by atoms with Gasteiger partial charge >= 0.3 is 0 Å². The summed E-state index contributed by atoms with van der Waals surface area (Å²) in [5, 5.41) is 1.02. The summed E-state index contributed by atoms with van der Waals surface area (Å²) in [5.41, 5.74) is 1.07. The van der Waals surface area contributed by atoms with Crippen LogP contribution in [-0.4, -0.2) is 43.3 Å². The minimum atomic E-state index is 0.499. The molecule has 1 aliphatic rings. The first-order chi connectivity index (χ1) is 11.8. The van der Waals surface area contributed by atoms with Crippen LogP contribution >= 0.6 is 11.3 Å². The molecule has 0 aliphatic carbocycles. The molecule has 2 heterocycles. The first kappa shape index (κ1) is 17.4. The second-order valence-corrected chi connectivity index (χ2v) is 7.46. The molecule has 2 aromatic rings. The van der Waals surface area contributed by atoms with E-state index in [1.54, 1.807) is 18.4 Å². The van der Waals surface area contributed by atoms with Crippen LogP contribution in [0.4, 0.5) is 0 Å². The number of para-hydroxylation sites is 1. The highest BCUT2D eigenvalue weighted by Gasteiger charge is 2.15. The minimum absolute atomic E-state index is 0.499. The summed E-state index contributed by atoms with van der Waals surface area (Å²) in [7, 11) is 3.88. The minimum Gasteiger partial charge on any atom is -0.496 e. The van der Waals surface area contributed by atoms with Crippen LogP contribution in [0.1, 0.15) is 30.6 Å². The number of hydrogen-bond acceptors (Lipinski definition) is 5. The molecule has 0 unspecified atom stereocenters. The van der Waals surface area contributed by atoms with Crippen LogP contribution in [0.5, 0.6) is 5.75 Å². The van der Waals surface area contributed by atoms with Crippen molar-refractivity contribution in [2.75, 3.05) is 27.3 Å². The maximum absolute atomic E-state index is 5.69. The summed E-state index contributed by atoms with van der Waals surface area (Å²) in [5.74, 6) is 0.878. The molecule has 130 valence electrons. The Labute approximate surface area is 148 Å². The molecule has 0 saturated carbocycles. The maximum atomic E-state index is 5.69. The lowest BCUT2D eigenvalue weighted by Crippen LogP contribution is -2.20. The zero-order valence-corrected chi connectivity index (χ0v) is 15.3. The molecule has 0 amide bonds. The van der Waals surface area contributed by atoms with Crippen LogP contribution in [0.25, 0.3) is 10.6 Å². The van der Waals surface area contributed by atoms with Crippen LogP contribution in [0.3, 0.4) is 0 Å². The van der Waals surface area contributed by atoms with E-state index in [0.29, 0.717) is 6.10 Å². The summed E-state index contributed by atoms with van der Waals surface area (Å²) >= 11 is 1.75. The smallest absolute Gasteiger partial charge is 0.129 e. The van der Waals surface area contributed by atoms with Crippen molar-refractivity contribution in [2.45, 2.75) is 38.3 Å². The number of hydrogen-bond donors (Lipinski definition) is 0. The van der Waals surface area contributed by atoms with Gasteiger partial charge in [-0.25, -0.2) is 4.98 Å². The van der Waals surface area contributed by atoms with Gasteiger partial charge in [0.2, 0.25) is 0 Å². The molecule has 1 aromatic carbocycles. The highest BCUT2D eigenvalue weighted by molar-refractivity contribution is 7.15. The maximum Gasteiger partial charge on any atom is 0.129 e. The molecule has 0 bridgehead atoms. The number of benzene rings is 1.